The minimum Gasteiger partial charge on any atom is -0.0922 e. The molecular weight excluding hydrogens is 284 g/mol. The van der Waals surface area contributed by atoms with Gasteiger partial charge in [-0.2, -0.15) is 0 Å². The molecular formula is C14H18BrCl. The lowest BCUT2D eigenvalue weighted by atomic mass is 9.81. The number of halogens is 2. The summed E-state index contributed by atoms with van der Waals surface area (Å²) in [5.41, 5.74) is 2.90. The molecule has 1 aromatic carbocycles. The average molecular weight is 302 g/mol. The summed E-state index contributed by atoms with van der Waals surface area (Å²) in [4.78, 5) is 0. The third-order valence-corrected chi connectivity index (χ3v) is 5.30. The third-order valence-electron chi connectivity index (χ3n) is 3.67. The highest BCUT2D eigenvalue weighted by Crippen LogP contribution is 2.48. The zero-order valence-corrected chi connectivity index (χ0v) is 12.2. The van der Waals surface area contributed by atoms with E-state index in [1.54, 1.807) is 0 Å². The van der Waals surface area contributed by atoms with Crippen LogP contribution >= 0.6 is 27.5 Å². The molecule has 2 heteroatoms. The molecule has 88 valence electrons. The molecule has 2 rings (SSSR count). The number of alkyl halides is 1. The molecule has 0 saturated heterocycles. The molecule has 1 saturated carbocycles. The Kier molecular flexibility index (Phi) is 3.65. The van der Waals surface area contributed by atoms with Crippen molar-refractivity contribution < 1.29 is 0 Å². The Bertz CT molecular complexity index is 384. The Morgan fingerprint density at radius 3 is 2.62 bits per heavy atom. The van der Waals surface area contributed by atoms with Gasteiger partial charge in [-0.3, -0.25) is 0 Å². The van der Waals surface area contributed by atoms with E-state index in [2.05, 4.69) is 48.0 Å². The molecule has 0 amide bonds. The summed E-state index contributed by atoms with van der Waals surface area (Å²) in [6, 6.07) is 6.40. The zero-order chi connectivity index (χ0) is 11.8. The lowest BCUT2D eigenvalue weighted by molar-refractivity contribution is 0.319. The topological polar surface area (TPSA) is 0 Å². The molecule has 0 bridgehead atoms. The van der Waals surface area contributed by atoms with Crippen molar-refractivity contribution in [2.75, 3.05) is 5.33 Å². The van der Waals surface area contributed by atoms with Crippen LogP contribution in [0.4, 0.5) is 0 Å². The van der Waals surface area contributed by atoms with Crippen molar-refractivity contribution in [3.63, 3.8) is 0 Å². The van der Waals surface area contributed by atoms with Crippen molar-refractivity contribution in [1.29, 1.82) is 0 Å². The quantitative estimate of drug-likeness (QED) is 0.686. The molecule has 0 radical (unpaired) electrons. The highest BCUT2D eigenvalue weighted by atomic mass is 79.9. The van der Waals surface area contributed by atoms with Crippen LogP contribution in [0.15, 0.2) is 18.2 Å². The van der Waals surface area contributed by atoms with Crippen molar-refractivity contribution in [1.82, 2.24) is 0 Å². The Balaban J connectivity index is 2.18. The van der Waals surface area contributed by atoms with Crippen LogP contribution in [-0.4, -0.2) is 5.33 Å². The molecule has 1 aliphatic carbocycles. The van der Waals surface area contributed by atoms with Crippen LogP contribution in [-0.2, 0) is 6.42 Å². The van der Waals surface area contributed by atoms with E-state index in [1.807, 2.05) is 0 Å². The molecule has 1 atom stereocenters. The first-order chi connectivity index (χ1) is 7.55. The average Bonchev–Trinajstić information content (AvgIpc) is 3.06. The molecule has 1 fully saturated rings. The monoisotopic (exact) mass is 300 g/mol. The molecule has 1 aliphatic rings. The first-order valence-electron chi connectivity index (χ1n) is 5.86. The van der Waals surface area contributed by atoms with Gasteiger partial charge in [0, 0.05) is 10.4 Å². The van der Waals surface area contributed by atoms with E-state index in [0.29, 0.717) is 5.41 Å². The summed E-state index contributed by atoms with van der Waals surface area (Å²) in [7, 11) is 0. The fourth-order valence-corrected chi connectivity index (χ4v) is 3.27. The van der Waals surface area contributed by atoms with Gasteiger partial charge in [0.15, 0.2) is 0 Å². The summed E-state index contributed by atoms with van der Waals surface area (Å²) in [5, 5.41) is 1.99. The van der Waals surface area contributed by atoms with Crippen molar-refractivity contribution >= 4 is 27.5 Å². The van der Waals surface area contributed by atoms with Crippen molar-refractivity contribution in [2.45, 2.75) is 33.1 Å². The van der Waals surface area contributed by atoms with Crippen LogP contribution in [0.2, 0.25) is 5.02 Å². The van der Waals surface area contributed by atoms with Crippen LogP contribution < -0.4 is 0 Å². The third kappa shape index (κ3) is 2.62. The van der Waals surface area contributed by atoms with Crippen LogP contribution in [0.25, 0.3) is 0 Å². The van der Waals surface area contributed by atoms with Crippen molar-refractivity contribution in [3.05, 3.63) is 34.3 Å². The van der Waals surface area contributed by atoms with Gasteiger partial charge in [0.05, 0.1) is 0 Å². The first-order valence-corrected chi connectivity index (χ1v) is 7.36. The van der Waals surface area contributed by atoms with Gasteiger partial charge in [-0.1, -0.05) is 46.6 Å². The van der Waals surface area contributed by atoms with Gasteiger partial charge in [-0.05, 0) is 54.7 Å². The number of aryl methyl sites for hydroxylation is 1. The van der Waals surface area contributed by atoms with Crippen molar-refractivity contribution in [2.24, 2.45) is 11.3 Å². The molecule has 0 N–H and O–H groups in total. The fraction of sp³-hybridized carbons (Fsp3) is 0.571. The van der Waals surface area contributed by atoms with Gasteiger partial charge in [-0.25, -0.2) is 0 Å². The Labute approximate surface area is 112 Å². The predicted octanol–water partition coefficient (Wildman–Crippen LogP) is 5.00. The summed E-state index contributed by atoms with van der Waals surface area (Å²) in [6.45, 7) is 4.45. The van der Waals surface area contributed by atoms with Crippen LogP contribution in [0.5, 0.6) is 0 Å². The second-order valence-corrected chi connectivity index (χ2v) is 6.30. The van der Waals surface area contributed by atoms with Gasteiger partial charge in [-0.15, -0.1) is 0 Å². The lowest BCUT2D eigenvalue weighted by Gasteiger charge is -2.28. The maximum Gasteiger partial charge on any atom is 0.0440 e. The van der Waals surface area contributed by atoms with Crippen molar-refractivity contribution in [3.8, 4) is 0 Å². The van der Waals surface area contributed by atoms with Gasteiger partial charge in [0.25, 0.3) is 0 Å². The molecule has 16 heavy (non-hydrogen) atoms. The second-order valence-electron chi connectivity index (χ2n) is 5.33. The van der Waals surface area contributed by atoms with Crippen LogP contribution in [0.3, 0.4) is 0 Å². The molecule has 0 heterocycles. The standard InChI is InChI=1S/C14H18BrCl/c1-10-3-4-11(13(16)7-10)8-14(2,9-15)12-5-6-12/h3-4,7,12H,5-6,8-9H2,1-2H3. The minimum atomic E-state index is 0.374. The second kappa shape index (κ2) is 4.70. The largest absolute Gasteiger partial charge is 0.0922 e. The van der Waals surface area contributed by atoms with Crippen LogP contribution in [0, 0.1) is 18.3 Å². The number of hydrogen-bond acceptors (Lipinski definition) is 0. The predicted molar refractivity (Wildman–Crippen MR) is 74.5 cm³/mol. The maximum absolute atomic E-state index is 6.30. The summed E-state index contributed by atoms with van der Waals surface area (Å²) >= 11 is 9.97. The normalized spacial score (nSPS) is 19.5. The number of rotatable bonds is 4. The SMILES string of the molecule is Cc1ccc(CC(C)(CBr)C2CC2)c(Cl)c1. The molecule has 0 nitrogen and oxygen atoms in total. The fourth-order valence-electron chi connectivity index (χ4n) is 2.31. The smallest absolute Gasteiger partial charge is 0.0440 e. The minimum absolute atomic E-state index is 0.374. The molecule has 1 unspecified atom stereocenters. The Morgan fingerprint density at radius 1 is 1.44 bits per heavy atom. The lowest BCUT2D eigenvalue weighted by Crippen LogP contribution is -2.24. The highest BCUT2D eigenvalue weighted by molar-refractivity contribution is 9.09. The molecule has 1 aromatic rings. The van der Waals surface area contributed by atoms with E-state index in [9.17, 15) is 0 Å². The number of hydrogen-bond donors (Lipinski definition) is 0. The van der Waals surface area contributed by atoms with Gasteiger partial charge in [0.1, 0.15) is 0 Å². The molecule has 0 spiro atoms. The van der Waals surface area contributed by atoms with Crippen LogP contribution in [0.1, 0.15) is 30.9 Å². The van der Waals surface area contributed by atoms with E-state index >= 15 is 0 Å². The summed E-state index contributed by atoms with van der Waals surface area (Å²) in [6.07, 6.45) is 3.85. The van der Waals surface area contributed by atoms with E-state index in [-0.39, 0.29) is 0 Å². The van der Waals surface area contributed by atoms with E-state index in [1.165, 1.54) is 24.0 Å². The van der Waals surface area contributed by atoms with Gasteiger partial charge in [0.2, 0.25) is 0 Å². The summed E-state index contributed by atoms with van der Waals surface area (Å²) in [5.74, 6) is 0.879. The van der Waals surface area contributed by atoms with E-state index in [4.69, 9.17) is 11.6 Å². The van der Waals surface area contributed by atoms with E-state index < -0.39 is 0 Å². The van der Waals surface area contributed by atoms with Gasteiger partial charge >= 0.3 is 0 Å². The Morgan fingerprint density at radius 2 is 2.12 bits per heavy atom. The van der Waals surface area contributed by atoms with Gasteiger partial charge < -0.3 is 0 Å². The summed E-state index contributed by atoms with van der Waals surface area (Å²) < 4.78 is 0. The maximum atomic E-state index is 6.30. The zero-order valence-electron chi connectivity index (χ0n) is 9.89. The molecule has 0 aliphatic heterocycles. The van der Waals surface area contributed by atoms with E-state index in [0.717, 1.165) is 22.7 Å². The number of benzene rings is 1. The first kappa shape index (κ1) is 12.4. The Hall–Kier alpha value is -0.0100. The highest BCUT2D eigenvalue weighted by Gasteiger charge is 2.40. The molecule has 0 aromatic heterocycles.